The van der Waals surface area contributed by atoms with Crippen LogP contribution in [0.5, 0.6) is 5.88 Å². The molecule has 4 N–H and O–H groups in total. The van der Waals surface area contributed by atoms with Crippen LogP contribution >= 0.6 is 11.8 Å². The highest BCUT2D eigenvalue weighted by molar-refractivity contribution is 8.14. The van der Waals surface area contributed by atoms with Crippen molar-refractivity contribution in [2.75, 3.05) is 18.6 Å². The van der Waals surface area contributed by atoms with Crippen LogP contribution < -0.4 is 15.8 Å². The maximum atomic E-state index is 15.2. The first kappa shape index (κ1) is 24.4. The zero-order valence-electron chi connectivity index (χ0n) is 19.6. The molecule has 0 fully saturated rings. The number of hydrogen-bond donors (Lipinski definition) is 3. The number of amidine groups is 1. The second-order valence-corrected chi connectivity index (χ2v) is 10.1. The Morgan fingerprint density at radius 2 is 2.19 bits per heavy atom. The van der Waals surface area contributed by atoms with E-state index in [9.17, 15) is 4.39 Å². The van der Waals surface area contributed by atoms with Gasteiger partial charge in [-0.05, 0) is 31.2 Å². The standard InChI is InChI=1S/C24H21F2N9OS/c1-3-8-36-19-11-29-20-17(32-19)6-7-28-21(20)31-14-4-5-16(26)15(9-14)24(13-25)12-23(2,37-22(27)33-24)18-10-30-35-34-18/h1,4-7,9-11H,8,12-13H2,2H3,(H2,27,33)(H,28,31)(H,30,34,35)/t23-,24-/m1/s1. The van der Waals surface area contributed by atoms with E-state index in [0.717, 1.165) is 0 Å². The SMILES string of the molecule is C#CCOc1cnc2c(Nc3ccc(F)c([C@]4(CF)C[C@](C)(c5c[nH]nn5)SC(N)=N4)c3)nccc2n1. The number of aromatic amines is 1. The van der Waals surface area contributed by atoms with Gasteiger partial charge >= 0.3 is 0 Å². The number of hydrogen-bond acceptors (Lipinski definition) is 10. The van der Waals surface area contributed by atoms with Crippen molar-refractivity contribution in [1.82, 2.24) is 30.4 Å². The molecule has 0 saturated carbocycles. The van der Waals surface area contributed by atoms with Crippen LogP contribution in [-0.2, 0) is 10.3 Å². The quantitative estimate of drug-likeness (QED) is 0.311. The number of aromatic nitrogens is 6. The Morgan fingerprint density at radius 3 is 2.95 bits per heavy atom. The van der Waals surface area contributed by atoms with Gasteiger partial charge in [0, 0.05) is 30.1 Å². The number of H-pyrrole nitrogens is 1. The van der Waals surface area contributed by atoms with Crippen molar-refractivity contribution in [3.63, 3.8) is 0 Å². The lowest BCUT2D eigenvalue weighted by Crippen LogP contribution is -2.42. The molecule has 1 aliphatic rings. The van der Waals surface area contributed by atoms with Gasteiger partial charge < -0.3 is 15.8 Å². The number of benzene rings is 1. The van der Waals surface area contributed by atoms with E-state index in [1.54, 1.807) is 18.5 Å². The Balaban J connectivity index is 1.51. The van der Waals surface area contributed by atoms with Gasteiger partial charge in [0.1, 0.15) is 23.5 Å². The molecule has 13 heteroatoms. The van der Waals surface area contributed by atoms with Gasteiger partial charge in [0.05, 0.1) is 22.2 Å². The number of terminal acetylenes is 1. The molecule has 10 nitrogen and oxygen atoms in total. The van der Waals surface area contributed by atoms with Crippen molar-refractivity contribution in [3.8, 4) is 18.2 Å². The number of nitrogens with two attached hydrogens (primary N) is 1. The van der Waals surface area contributed by atoms with E-state index in [1.807, 2.05) is 6.92 Å². The summed E-state index contributed by atoms with van der Waals surface area (Å²) in [4.78, 5) is 17.5. The molecule has 4 heterocycles. The molecule has 5 rings (SSSR count). The molecule has 0 unspecified atom stereocenters. The fraction of sp³-hybridized carbons (Fsp3) is 0.250. The lowest BCUT2D eigenvalue weighted by Gasteiger charge is -2.40. The summed E-state index contributed by atoms with van der Waals surface area (Å²) in [5, 5.41) is 13.8. The van der Waals surface area contributed by atoms with Gasteiger partial charge in [-0.2, -0.15) is 0 Å². The van der Waals surface area contributed by atoms with E-state index in [0.29, 0.717) is 28.2 Å². The zero-order chi connectivity index (χ0) is 26.0. The highest BCUT2D eigenvalue weighted by Crippen LogP contribution is 2.51. The van der Waals surface area contributed by atoms with Crippen LogP contribution in [0.1, 0.15) is 24.6 Å². The van der Waals surface area contributed by atoms with Gasteiger partial charge in [-0.25, -0.2) is 28.7 Å². The van der Waals surface area contributed by atoms with E-state index in [-0.39, 0.29) is 29.6 Å². The monoisotopic (exact) mass is 521 g/mol. The summed E-state index contributed by atoms with van der Waals surface area (Å²) in [7, 11) is 0. The second kappa shape index (κ2) is 9.62. The molecule has 0 amide bonds. The Labute approximate surface area is 214 Å². The van der Waals surface area contributed by atoms with Gasteiger partial charge in [0.2, 0.25) is 5.88 Å². The maximum absolute atomic E-state index is 15.2. The van der Waals surface area contributed by atoms with E-state index in [4.69, 9.17) is 16.9 Å². The summed E-state index contributed by atoms with van der Waals surface area (Å²) in [5.74, 6) is 2.40. The molecular formula is C24H21F2N9OS. The number of fused-ring (bicyclic) bond motifs is 1. The molecule has 0 saturated heterocycles. The average molecular weight is 522 g/mol. The fourth-order valence-corrected chi connectivity index (χ4v) is 5.50. The molecule has 1 aromatic carbocycles. The zero-order valence-corrected chi connectivity index (χ0v) is 20.4. The van der Waals surface area contributed by atoms with Crippen LogP contribution in [0.3, 0.4) is 0 Å². The van der Waals surface area contributed by atoms with Crippen molar-refractivity contribution in [2.24, 2.45) is 10.7 Å². The molecule has 0 aliphatic carbocycles. The summed E-state index contributed by atoms with van der Waals surface area (Å²) in [6.45, 7) is 0.939. The molecule has 2 atom stereocenters. The minimum Gasteiger partial charge on any atom is -0.463 e. The highest BCUT2D eigenvalue weighted by Gasteiger charge is 2.48. The first-order valence-electron chi connectivity index (χ1n) is 11.1. The molecule has 4 aromatic rings. The van der Waals surface area contributed by atoms with Crippen LogP contribution in [0, 0.1) is 18.2 Å². The average Bonchev–Trinajstić information content (AvgIpc) is 3.44. The summed E-state index contributed by atoms with van der Waals surface area (Å²) in [6, 6.07) is 5.94. The van der Waals surface area contributed by atoms with Crippen LogP contribution in [0.15, 0.2) is 47.8 Å². The topological polar surface area (TPSA) is 140 Å². The van der Waals surface area contributed by atoms with Crippen LogP contribution in [0.25, 0.3) is 11.0 Å². The third-order valence-corrected chi connectivity index (χ3v) is 7.04. The van der Waals surface area contributed by atoms with E-state index >= 15 is 4.39 Å². The van der Waals surface area contributed by atoms with Gasteiger partial charge in [-0.3, -0.25) is 5.10 Å². The molecule has 3 aromatic heterocycles. The summed E-state index contributed by atoms with van der Waals surface area (Å²) in [6.07, 6.45) is 9.92. The molecule has 37 heavy (non-hydrogen) atoms. The molecule has 188 valence electrons. The van der Waals surface area contributed by atoms with Crippen molar-refractivity contribution in [2.45, 2.75) is 23.6 Å². The van der Waals surface area contributed by atoms with Crippen LogP contribution in [0.4, 0.5) is 20.3 Å². The number of pyridine rings is 1. The lowest BCUT2D eigenvalue weighted by molar-refractivity contribution is 0.262. The van der Waals surface area contributed by atoms with Gasteiger partial charge in [0.25, 0.3) is 0 Å². The molecule has 0 spiro atoms. The first-order chi connectivity index (χ1) is 17.9. The van der Waals surface area contributed by atoms with Gasteiger partial charge in [-0.15, -0.1) is 11.5 Å². The van der Waals surface area contributed by atoms with E-state index in [2.05, 4.69) is 46.6 Å². The number of aliphatic imine (C=N–C) groups is 1. The predicted molar refractivity (Wildman–Crippen MR) is 137 cm³/mol. The highest BCUT2D eigenvalue weighted by atomic mass is 32.2. The Kier molecular flexibility index (Phi) is 6.34. The molecule has 0 bridgehead atoms. The minimum atomic E-state index is -1.57. The molecule has 1 aliphatic heterocycles. The Bertz CT molecular complexity index is 1520. The van der Waals surface area contributed by atoms with E-state index in [1.165, 1.54) is 36.2 Å². The van der Waals surface area contributed by atoms with Crippen molar-refractivity contribution >= 4 is 39.5 Å². The van der Waals surface area contributed by atoms with Crippen molar-refractivity contribution < 1.29 is 13.5 Å². The number of nitrogens with one attached hydrogen (secondary N) is 2. The van der Waals surface area contributed by atoms with Crippen molar-refractivity contribution in [1.29, 1.82) is 0 Å². The Morgan fingerprint density at radius 1 is 1.32 bits per heavy atom. The molecular weight excluding hydrogens is 500 g/mol. The number of thioether (sulfide) groups is 1. The smallest absolute Gasteiger partial charge is 0.233 e. The first-order valence-corrected chi connectivity index (χ1v) is 11.9. The van der Waals surface area contributed by atoms with Gasteiger partial charge in [0.15, 0.2) is 17.6 Å². The molecule has 0 radical (unpaired) electrons. The lowest BCUT2D eigenvalue weighted by atomic mass is 9.81. The fourth-order valence-electron chi connectivity index (χ4n) is 4.31. The predicted octanol–water partition coefficient (Wildman–Crippen LogP) is 3.57. The number of rotatable bonds is 7. The summed E-state index contributed by atoms with van der Waals surface area (Å²) < 4.78 is 34.6. The summed E-state index contributed by atoms with van der Waals surface area (Å²) in [5.41, 5.74) is 6.59. The van der Waals surface area contributed by atoms with E-state index < -0.39 is 22.8 Å². The van der Waals surface area contributed by atoms with Crippen LogP contribution in [-0.4, -0.2) is 48.8 Å². The van der Waals surface area contributed by atoms with Crippen molar-refractivity contribution in [3.05, 3.63) is 59.9 Å². The largest absolute Gasteiger partial charge is 0.463 e. The number of alkyl halides is 1. The number of nitrogens with zero attached hydrogens (tertiary/aromatic N) is 6. The number of halogens is 2. The second-order valence-electron chi connectivity index (χ2n) is 8.53. The van der Waals surface area contributed by atoms with Gasteiger partial charge in [-0.1, -0.05) is 22.9 Å². The minimum absolute atomic E-state index is 0.0502. The maximum Gasteiger partial charge on any atom is 0.233 e. The summed E-state index contributed by atoms with van der Waals surface area (Å²) >= 11 is 1.23. The third kappa shape index (κ3) is 4.63. The number of ether oxygens (including phenoxy) is 1. The normalized spacial score (nSPS) is 21.3. The number of anilines is 2. The third-order valence-electron chi connectivity index (χ3n) is 5.93. The van der Waals surface area contributed by atoms with Crippen LogP contribution in [0.2, 0.25) is 0 Å². The Hall–Kier alpha value is -4.31.